The normalized spacial score (nSPS) is 11.5. The number of unbranched alkanes of at least 4 members (excludes halogenated alkanes) is 9. The second-order valence-corrected chi connectivity index (χ2v) is 9.21. The Morgan fingerprint density at radius 2 is 1.47 bits per heavy atom. The molecule has 0 fully saturated rings. The molecule has 2 N–H and O–H groups in total. The van der Waals surface area contributed by atoms with Crippen molar-refractivity contribution >= 4 is 10.1 Å². The molecule has 0 bridgehead atoms. The molecule has 2 rings (SSSR count). The molecule has 0 aliphatic heterocycles. The maximum atomic E-state index is 11.3. The van der Waals surface area contributed by atoms with Crippen LogP contribution in [0.3, 0.4) is 0 Å². The summed E-state index contributed by atoms with van der Waals surface area (Å²) in [5, 5.41) is 9.93. The molecule has 30 heavy (non-hydrogen) atoms. The molecule has 0 atom stereocenters. The molecule has 0 amide bonds. The molecule has 0 aliphatic rings. The van der Waals surface area contributed by atoms with E-state index in [1.807, 2.05) is 18.2 Å². The van der Waals surface area contributed by atoms with Crippen LogP contribution in [-0.4, -0.2) is 18.1 Å². The molecule has 0 saturated heterocycles. The second kappa shape index (κ2) is 12.6. The number of benzene rings is 2. The summed E-state index contributed by atoms with van der Waals surface area (Å²) in [6.45, 7) is 2.24. The number of aryl methyl sites for hydroxylation is 1. The molecule has 2 aromatic rings. The van der Waals surface area contributed by atoms with E-state index in [1.165, 1.54) is 63.9 Å². The zero-order valence-electron chi connectivity index (χ0n) is 17.8. The van der Waals surface area contributed by atoms with Gasteiger partial charge in [-0.15, -0.1) is 0 Å². The maximum Gasteiger partial charge on any atom is 0.294 e. The number of aromatic hydroxyl groups is 1. The van der Waals surface area contributed by atoms with Crippen molar-refractivity contribution < 1.29 is 22.8 Å². The van der Waals surface area contributed by atoms with Crippen molar-refractivity contribution in [3.8, 4) is 17.2 Å². The topological polar surface area (TPSA) is 83.8 Å². The summed E-state index contributed by atoms with van der Waals surface area (Å²) in [5.74, 6) is 0.311. The summed E-state index contributed by atoms with van der Waals surface area (Å²) in [4.78, 5) is -0.322. The predicted molar refractivity (Wildman–Crippen MR) is 120 cm³/mol. The van der Waals surface area contributed by atoms with Crippen molar-refractivity contribution in [1.82, 2.24) is 0 Å². The van der Waals surface area contributed by atoms with Crippen LogP contribution in [0.5, 0.6) is 17.2 Å². The van der Waals surface area contributed by atoms with E-state index < -0.39 is 10.1 Å². The third kappa shape index (κ3) is 8.76. The van der Waals surface area contributed by atoms with Gasteiger partial charge in [0.05, 0.1) is 4.90 Å². The fraction of sp³-hybridized carbons (Fsp3) is 0.500. The second-order valence-electron chi connectivity index (χ2n) is 7.79. The van der Waals surface area contributed by atoms with Crippen LogP contribution in [0.4, 0.5) is 0 Å². The molecule has 0 aromatic heterocycles. The Kier molecular flexibility index (Phi) is 10.2. The summed E-state index contributed by atoms with van der Waals surface area (Å²) < 4.78 is 37.4. The Labute approximate surface area is 180 Å². The van der Waals surface area contributed by atoms with E-state index in [2.05, 4.69) is 6.92 Å². The van der Waals surface area contributed by atoms with Crippen molar-refractivity contribution in [3.63, 3.8) is 0 Å². The lowest BCUT2D eigenvalue weighted by molar-refractivity contribution is 0.409. The fourth-order valence-corrected chi connectivity index (χ4v) is 3.94. The Morgan fingerprint density at radius 3 is 2.10 bits per heavy atom. The van der Waals surface area contributed by atoms with Crippen LogP contribution in [0, 0.1) is 0 Å². The maximum absolute atomic E-state index is 11.3. The molecule has 6 heteroatoms. The van der Waals surface area contributed by atoms with Gasteiger partial charge >= 0.3 is 0 Å². The quantitative estimate of drug-likeness (QED) is 0.250. The highest BCUT2D eigenvalue weighted by molar-refractivity contribution is 7.85. The van der Waals surface area contributed by atoms with Crippen LogP contribution < -0.4 is 4.74 Å². The lowest BCUT2D eigenvalue weighted by Gasteiger charge is -2.10. The van der Waals surface area contributed by atoms with Crippen LogP contribution in [0.2, 0.25) is 0 Å². The van der Waals surface area contributed by atoms with Gasteiger partial charge in [-0.2, -0.15) is 8.42 Å². The average Bonchev–Trinajstić information content (AvgIpc) is 2.70. The van der Waals surface area contributed by atoms with Crippen LogP contribution in [-0.2, 0) is 16.5 Å². The Bertz CT molecular complexity index is 877. The summed E-state index contributed by atoms with van der Waals surface area (Å²) in [7, 11) is -4.36. The highest BCUT2D eigenvalue weighted by Crippen LogP contribution is 2.33. The van der Waals surface area contributed by atoms with Crippen molar-refractivity contribution in [2.45, 2.75) is 82.4 Å². The minimum atomic E-state index is -4.36. The smallest absolute Gasteiger partial charge is 0.294 e. The summed E-state index contributed by atoms with van der Waals surface area (Å²) in [6, 6.07) is 11.0. The molecule has 0 unspecified atom stereocenters. The van der Waals surface area contributed by atoms with Gasteiger partial charge in [0, 0.05) is 6.07 Å². The SMILES string of the molecule is CCCCCCCCCCCCc1cccc(Oc2cc(S(=O)(=O)O)ccc2O)c1. The van der Waals surface area contributed by atoms with Gasteiger partial charge in [-0.05, 0) is 42.7 Å². The third-order valence-electron chi connectivity index (χ3n) is 5.17. The zero-order valence-corrected chi connectivity index (χ0v) is 18.7. The molecule has 166 valence electrons. The highest BCUT2D eigenvalue weighted by Gasteiger charge is 2.14. The standard InChI is InChI=1S/C24H34O5S/c1-2-3-4-5-6-7-8-9-10-11-13-20-14-12-15-21(18-20)29-24-19-22(30(26,27)28)16-17-23(24)25/h12,14-19,25H,2-11,13H2,1H3,(H,26,27,28). The van der Waals surface area contributed by atoms with Crippen molar-refractivity contribution in [3.05, 3.63) is 48.0 Å². The number of phenols is 1. The van der Waals surface area contributed by atoms with Gasteiger partial charge in [0.1, 0.15) is 5.75 Å². The Balaban J connectivity index is 1.78. The lowest BCUT2D eigenvalue weighted by Crippen LogP contribution is -1.98. The van der Waals surface area contributed by atoms with Gasteiger partial charge in [0.25, 0.3) is 10.1 Å². The molecular formula is C24H34O5S. The van der Waals surface area contributed by atoms with Gasteiger partial charge in [0.2, 0.25) is 0 Å². The summed E-state index contributed by atoms with van der Waals surface area (Å²) in [6.07, 6.45) is 13.9. The molecule has 2 aromatic carbocycles. The van der Waals surface area contributed by atoms with E-state index in [-0.39, 0.29) is 16.4 Å². The number of phenolic OH excluding ortho intramolecular Hbond substituents is 1. The first-order chi connectivity index (χ1) is 14.4. The molecular weight excluding hydrogens is 400 g/mol. The van der Waals surface area contributed by atoms with Gasteiger partial charge < -0.3 is 9.84 Å². The van der Waals surface area contributed by atoms with Gasteiger partial charge in [-0.25, -0.2) is 0 Å². The van der Waals surface area contributed by atoms with E-state index >= 15 is 0 Å². The Morgan fingerprint density at radius 1 is 0.833 bits per heavy atom. The van der Waals surface area contributed by atoms with Crippen LogP contribution >= 0.6 is 0 Å². The summed E-state index contributed by atoms with van der Waals surface area (Å²) >= 11 is 0. The van der Waals surface area contributed by atoms with E-state index in [4.69, 9.17) is 4.74 Å². The molecule has 5 nitrogen and oxygen atoms in total. The van der Waals surface area contributed by atoms with Gasteiger partial charge in [0.15, 0.2) is 11.5 Å². The van der Waals surface area contributed by atoms with Crippen LogP contribution in [0.1, 0.15) is 76.7 Å². The molecule has 0 aliphatic carbocycles. The van der Waals surface area contributed by atoms with Crippen molar-refractivity contribution in [2.75, 3.05) is 0 Å². The average molecular weight is 435 g/mol. The molecule has 0 spiro atoms. The first-order valence-corrected chi connectivity index (χ1v) is 12.4. The number of hydrogen-bond donors (Lipinski definition) is 2. The van der Waals surface area contributed by atoms with Crippen molar-refractivity contribution in [2.24, 2.45) is 0 Å². The third-order valence-corrected chi connectivity index (χ3v) is 6.02. The Hall–Kier alpha value is -2.05. The largest absolute Gasteiger partial charge is 0.504 e. The minimum Gasteiger partial charge on any atom is -0.504 e. The van der Waals surface area contributed by atoms with Gasteiger partial charge in [-0.3, -0.25) is 4.55 Å². The number of hydrogen-bond acceptors (Lipinski definition) is 4. The van der Waals surface area contributed by atoms with Crippen LogP contribution in [0.25, 0.3) is 0 Å². The first kappa shape index (κ1) is 24.2. The van der Waals surface area contributed by atoms with E-state index in [0.29, 0.717) is 5.75 Å². The van der Waals surface area contributed by atoms with E-state index in [1.54, 1.807) is 6.07 Å². The number of ether oxygens (including phenoxy) is 1. The van der Waals surface area contributed by atoms with Gasteiger partial charge in [-0.1, -0.05) is 76.8 Å². The van der Waals surface area contributed by atoms with Crippen molar-refractivity contribution in [1.29, 1.82) is 0 Å². The molecule has 0 saturated carbocycles. The fourth-order valence-electron chi connectivity index (χ4n) is 3.44. The number of rotatable bonds is 14. The summed E-state index contributed by atoms with van der Waals surface area (Å²) in [5.41, 5.74) is 1.14. The highest BCUT2D eigenvalue weighted by atomic mass is 32.2. The van der Waals surface area contributed by atoms with E-state index in [0.717, 1.165) is 30.5 Å². The predicted octanol–water partition coefficient (Wildman–Crippen LogP) is 6.89. The zero-order chi connectivity index (χ0) is 21.8. The monoisotopic (exact) mass is 434 g/mol. The minimum absolute atomic E-state index is 0.0128. The lowest BCUT2D eigenvalue weighted by atomic mass is 10.0. The van der Waals surface area contributed by atoms with Crippen LogP contribution in [0.15, 0.2) is 47.4 Å². The first-order valence-electron chi connectivity index (χ1n) is 11.0. The van der Waals surface area contributed by atoms with E-state index in [9.17, 15) is 18.1 Å². The molecule has 0 radical (unpaired) electrons. The molecule has 0 heterocycles.